The molecule has 2 unspecified atom stereocenters. The number of carboxylic acids is 1. The van der Waals surface area contributed by atoms with Crippen LogP contribution in [-0.2, 0) is 4.79 Å². The predicted octanol–water partition coefficient (Wildman–Crippen LogP) is 2.45. The van der Waals surface area contributed by atoms with E-state index in [0.29, 0.717) is 16.7 Å². The molecule has 2 aliphatic rings. The number of hydrogen-bond donors (Lipinski definition) is 3. The van der Waals surface area contributed by atoms with Crippen molar-refractivity contribution in [1.29, 1.82) is 0 Å². The van der Waals surface area contributed by atoms with Crippen molar-refractivity contribution in [1.82, 2.24) is 10.6 Å². The summed E-state index contributed by atoms with van der Waals surface area (Å²) in [5.74, 6) is -0.446. The van der Waals surface area contributed by atoms with Gasteiger partial charge in [-0.15, -0.1) is 0 Å². The first-order valence-corrected chi connectivity index (χ1v) is 7.95. The lowest BCUT2D eigenvalue weighted by atomic mass is 10.1. The summed E-state index contributed by atoms with van der Waals surface area (Å²) in [6, 6.07) is 5.31. The van der Waals surface area contributed by atoms with Gasteiger partial charge in [-0.3, -0.25) is 0 Å². The maximum atomic E-state index is 12.1. The maximum absolute atomic E-state index is 12.1. The molecule has 6 nitrogen and oxygen atoms in total. The summed E-state index contributed by atoms with van der Waals surface area (Å²) >= 11 is 0. The Morgan fingerprint density at radius 2 is 1.96 bits per heavy atom. The number of nitrogens with one attached hydrogen (secondary N) is 2. The molecule has 2 aliphatic carbocycles. The zero-order valence-electron chi connectivity index (χ0n) is 13.2. The number of carboxylic acid groups (broad SMARTS) is 1. The van der Waals surface area contributed by atoms with Crippen LogP contribution in [0.25, 0.3) is 0 Å². The summed E-state index contributed by atoms with van der Waals surface area (Å²) in [4.78, 5) is 23.6. The van der Waals surface area contributed by atoms with Gasteiger partial charge in [-0.2, -0.15) is 0 Å². The number of benzene rings is 1. The topological polar surface area (TPSA) is 87.7 Å². The fraction of sp³-hybridized carbons (Fsp3) is 0.529. The second-order valence-corrected chi connectivity index (χ2v) is 6.60. The number of ether oxygens (including phenoxy) is 1. The first kappa shape index (κ1) is 15.6. The van der Waals surface area contributed by atoms with Crippen molar-refractivity contribution in [3.63, 3.8) is 0 Å². The van der Waals surface area contributed by atoms with E-state index in [9.17, 15) is 14.7 Å². The van der Waals surface area contributed by atoms with Crippen molar-refractivity contribution in [3.8, 4) is 5.75 Å². The average molecular weight is 318 g/mol. The summed E-state index contributed by atoms with van der Waals surface area (Å²) in [6.07, 6.45) is 5.68. The third kappa shape index (κ3) is 3.57. The van der Waals surface area contributed by atoms with Gasteiger partial charge < -0.3 is 20.5 Å². The molecule has 1 aromatic rings. The molecular formula is C17H22N2O4. The van der Waals surface area contributed by atoms with E-state index in [1.165, 1.54) is 19.3 Å². The second-order valence-electron chi connectivity index (χ2n) is 6.60. The molecule has 0 aliphatic heterocycles. The molecule has 0 heterocycles. The van der Waals surface area contributed by atoms with E-state index in [0.717, 1.165) is 12.8 Å². The highest BCUT2D eigenvalue weighted by atomic mass is 16.5. The lowest BCUT2D eigenvalue weighted by Gasteiger charge is -2.18. The Hall–Kier alpha value is -2.24. The van der Waals surface area contributed by atoms with E-state index < -0.39 is 18.0 Å². The largest absolute Gasteiger partial charge is 0.497 e. The van der Waals surface area contributed by atoms with Gasteiger partial charge in [0.25, 0.3) is 0 Å². The lowest BCUT2D eigenvalue weighted by molar-refractivity contribution is -0.139. The van der Waals surface area contributed by atoms with Gasteiger partial charge in [-0.25, -0.2) is 9.59 Å². The van der Waals surface area contributed by atoms with Crippen molar-refractivity contribution in [2.75, 3.05) is 7.11 Å². The van der Waals surface area contributed by atoms with E-state index in [1.54, 1.807) is 31.4 Å². The molecule has 0 bridgehead atoms. The highest BCUT2D eigenvalue weighted by Crippen LogP contribution is 2.57. The Kier molecular flexibility index (Phi) is 4.15. The van der Waals surface area contributed by atoms with Gasteiger partial charge in [0.2, 0.25) is 0 Å². The average Bonchev–Trinajstić information content (AvgIpc) is 3.18. The molecule has 0 aromatic heterocycles. The van der Waals surface area contributed by atoms with Gasteiger partial charge in [0.1, 0.15) is 5.75 Å². The summed E-state index contributed by atoms with van der Waals surface area (Å²) in [6.45, 7) is 0. The van der Waals surface area contributed by atoms with E-state index in [1.807, 2.05) is 0 Å². The van der Waals surface area contributed by atoms with Crippen LogP contribution in [0.4, 0.5) is 4.79 Å². The lowest BCUT2D eigenvalue weighted by Crippen LogP contribution is -2.44. The highest BCUT2D eigenvalue weighted by Gasteiger charge is 2.48. The van der Waals surface area contributed by atoms with E-state index in [4.69, 9.17) is 4.74 Å². The van der Waals surface area contributed by atoms with Gasteiger partial charge in [0.05, 0.1) is 7.11 Å². The molecule has 124 valence electrons. The summed E-state index contributed by atoms with van der Waals surface area (Å²) < 4.78 is 5.06. The first-order valence-electron chi connectivity index (χ1n) is 7.95. The number of aliphatic carboxylic acids is 1. The van der Waals surface area contributed by atoms with Gasteiger partial charge in [0, 0.05) is 6.04 Å². The van der Waals surface area contributed by atoms with Crippen molar-refractivity contribution >= 4 is 12.0 Å². The van der Waals surface area contributed by atoms with E-state index in [2.05, 4.69) is 10.6 Å². The molecule has 0 saturated heterocycles. The Bertz CT molecular complexity index is 595. The number of carbonyl (C=O) groups is 2. The summed E-state index contributed by atoms with van der Waals surface area (Å²) in [5.41, 5.74) is 0.985. The molecule has 3 rings (SSSR count). The third-order valence-corrected chi connectivity index (χ3v) is 4.97. The zero-order chi connectivity index (χ0) is 16.4. The highest BCUT2D eigenvalue weighted by molar-refractivity contribution is 5.83. The van der Waals surface area contributed by atoms with Crippen molar-refractivity contribution in [3.05, 3.63) is 29.8 Å². The first-order chi connectivity index (χ1) is 11.0. The molecule has 2 amide bonds. The van der Waals surface area contributed by atoms with Crippen LogP contribution in [0, 0.1) is 5.41 Å². The van der Waals surface area contributed by atoms with Crippen LogP contribution >= 0.6 is 0 Å². The normalized spacial score (nSPS) is 22.4. The maximum Gasteiger partial charge on any atom is 0.330 e. The Morgan fingerprint density at radius 1 is 1.26 bits per heavy atom. The molecule has 6 heteroatoms. The molecule has 23 heavy (non-hydrogen) atoms. The van der Waals surface area contributed by atoms with E-state index in [-0.39, 0.29) is 6.04 Å². The Labute approximate surface area is 135 Å². The van der Waals surface area contributed by atoms with Crippen LogP contribution in [0.3, 0.4) is 0 Å². The quantitative estimate of drug-likeness (QED) is 0.778. The molecule has 1 spiro atoms. The number of hydrogen-bond acceptors (Lipinski definition) is 3. The standard InChI is InChI=1S/C17H22N2O4/c1-23-13-4-2-11(3-5-13)14(15(20)21)19-16(22)18-12-6-7-17(10-12)8-9-17/h2-5,12,14H,6-10H2,1H3,(H,20,21)(H2,18,19,22). The van der Waals surface area contributed by atoms with Crippen LogP contribution < -0.4 is 15.4 Å². The number of carbonyl (C=O) groups excluding carboxylic acids is 1. The molecule has 2 saturated carbocycles. The smallest absolute Gasteiger partial charge is 0.330 e. The summed E-state index contributed by atoms with van der Waals surface area (Å²) in [7, 11) is 1.55. The van der Waals surface area contributed by atoms with Gasteiger partial charge >= 0.3 is 12.0 Å². The fourth-order valence-electron chi connectivity index (χ4n) is 3.40. The fourth-order valence-corrected chi connectivity index (χ4v) is 3.40. The Morgan fingerprint density at radius 3 is 2.48 bits per heavy atom. The van der Waals surface area contributed by atoms with Crippen molar-refractivity contribution in [2.45, 2.75) is 44.2 Å². The zero-order valence-corrected chi connectivity index (χ0v) is 13.2. The number of methoxy groups -OCH3 is 1. The molecule has 3 N–H and O–H groups in total. The molecule has 1 aromatic carbocycles. The molecule has 2 fully saturated rings. The van der Waals surface area contributed by atoms with Crippen LogP contribution in [0.2, 0.25) is 0 Å². The van der Waals surface area contributed by atoms with Gasteiger partial charge in [-0.05, 0) is 55.2 Å². The minimum Gasteiger partial charge on any atom is -0.497 e. The monoisotopic (exact) mass is 318 g/mol. The minimum absolute atomic E-state index is 0.155. The summed E-state index contributed by atoms with van der Waals surface area (Å²) in [5, 5.41) is 14.9. The van der Waals surface area contributed by atoms with E-state index >= 15 is 0 Å². The van der Waals surface area contributed by atoms with Crippen LogP contribution in [0.1, 0.15) is 43.7 Å². The molecule has 0 radical (unpaired) electrons. The van der Waals surface area contributed by atoms with Crippen LogP contribution in [-0.4, -0.2) is 30.3 Å². The molecular weight excluding hydrogens is 296 g/mol. The SMILES string of the molecule is COc1ccc(C(NC(=O)NC2CCC3(CC3)C2)C(=O)O)cc1. The van der Waals surface area contributed by atoms with Crippen molar-refractivity contribution in [2.24, 2.45) is 5.41 Å². The third-order valence-electron chi connectivity index (χ3n) is 4.97. The number of amides is 2. The number of rotatable bonds is 5. The number of urea groups is 1. The second kappa shape index (κ2) is 6.10. The van der Waals surface area contributed by atoms with Gasteiger partial charge in [-0.1, -0.05) is 12.1 Å². The van der Waals surface area contributed by atoms with Crippen molar-refractivity contribution < 1.29 is 19.4 Å². The predicted molar refractivity (Wildman–Crippen MR) is 84.3 cm³/mol. The van der Waals surface area contributed by atoms with Gasteiger partial charge in [0.15, 0.2) is 6.04 Å². The van der Waals surface area contributed by atoms with Crippen LogP contribution in [0.15, 0.2) is 24.3 Å². The Balaban J connectivity index is 1.59. The van der Waals surface area contributed by atoms with Crippen LogP contribution in [0.5, 0.6) is 5.75 Å². The molecule has 2 atom stereocenters. The minimum atomic E-state index is -1.09.